The quantitative estimate of drug-likeness (QED) is 0.532. The average Bonchev–Trinajstić information content (AvgIpc) is 3.52. The Balaban J connectivity index is 1.51. The molecule has 2 heterocycles. The number of para-hydroxylation sites is 1. The number of carbonyl (C=O) groups is 1. The molecule has 0 saturated heterocycles. The maximum atomic E-state index is 12.9. The second-order valence-corrected chi connectivity index (χ2v) is 7.67. The molecule has 7 nitrogen and oxygen atoms in total. The van der Waals surface area contributed by atoms with Crippen LogP contribution in [0.4, 0.5) is 5.69 Å². The summed E-state index contributed by atoms with van der Waals surface area (Å²) in [6, 6.07) is 15.8. The van der Waals surface area contributed by atoms with Gasteiger partial charge in [0.25, 0.3) is 0 Å². The molecule has 3 aromatic rings. The molecule has 1 amide bonds. The van der Waals surface area contributed by atoms with Gasteiger partial charge in [0.15, 0.2) is 11.0 Å². The molecule has 1 aliphatic rings. The number of carbonyl (C=O) groups excluding carboxylic acids is 1. The van der Waals surface area contributed by atoms with Crippen LogP contribution in [0.1, 0.15) is 25.3 Å². The lowest BCUT2D eigenvalue weighted by molar-refractivity contribution is -0.116. The van der Waals surface area contributed by atoms with Crippen molar-refractivity contribution in [3.63, 3.8) is 0 Å². The average molecular weight is 404 g/mol. The number of hydrogen-bond donors (Lipinski definition) is 0. The number of nitrogens with zero attached hydrogens (tertiary/aromatic N) is 6. The van der Waals surface area contributed by atoms with Crippen LogP contribution in [0.25, 0.3) is 11.4 Å². The van der Waals surface area contributed by atoms with E-state index < -0.39 is 0 Å². The fourth-order valence-corrected chi connectivity index (χ4v) is 3.98. The largest absolute Gasteiger partial charge is 0.311 e. The first-order valence-corrected chi connectivity index (χ1v) is 10.5. The molecule has 1 aliphatic carbocycles. The predicted molar refractivity (Wildman–Crippen MR) is 111 cm³/mol. The van der Waals surface area contributed by atoms with Gasteiger partial charge in [0.2, 0.25) is 5.91 Å². The number of rotatable bonds is 8. The van der Waals surface area contributed by atoms with Crippen molar-refractivity contribution < 1.29 is 4.79 Å². The number of hydrogen-bond acceptors (Lipinski definition) is 6. The number of thioether (sulfide) groups is 1. The lowest BCUT2D eigenvalue weighted by atomic mass is 10.2. The van der Waals surface area contributed by atoms with Crippen LogP contribution >= 0.6 is 11.8 Å². The minimum Gasteiger partial charge on any atom is -0.311 e. The first kappa shape index (κ1) is 19.2. The molecular formula is C21H20N6OS. The van der Waals surface area contributed by atoms with Gasteiger partial charge in [0.1, 0.15) is 0 Å². The van der Waals surface area contributed by atoms with Gasteiger partial charge < -0.3 is 4.90 Å². The fourth-order valence-electron chi connectivity index (χ4n) is 3.10. The Morgan fingerprint density at radius 1 is 1.21 bits per heavy atom. The zero-order valence-electron chi connectivity index (χ0n) is 15.8. The van der Waals surface area contributed by atoms with E-state index in [1.165, 1.54) is 11.8 Å². The van der Waals surface area contributed by atoms with Crippen LogP contribution in [0.5, 0.6) is 0 Å². The molecule has 146 valence electrons. The van der Waals surface area contributed by atoms with Crippen molar-refractivity contribution in [2.75, 3.05) is 17.2 Å². The molecule has 0 bridgehead atoms. The summed E-state index contributed by atoms with van der Waals surface area (Å²) in [5.41, 5.74) is 1.72. The fraction of sp³-hybridized carbons (Fsp3) is 0.286. The summed E-state index contributed by atoms with van der Waals surface area (Å²) in [6.45, 7) is 0.371. The topological polar surface area (TPSA) is 87.7 Å². The number of aromatic nitrogens is 4. The van der Waals surface area contributed by atoms with Gasteiger partial charge in [-0.3, -0.25) is 14.3 Å². The molecule has 0 aliphatic heterocycles. The van der Waals surface area contributed by atoms with E-state index in [1.807, 2.05) is 42.5 Å². The van der Waals surface area contributed by atoms with Crippen LogP contribution in [-0.2, 0) is 4.79 Å². The van der Waals surface area contributed by atoms with Crippen LogP contribution in [0.3, 0.4) is 0 Å². The molecule has 0 atom stereocenters. The first-order valence-electron chi connectivity index (χ1n) is 9.48. The van der Waals surface area contributed by atoms with E-state index in [9.17, 15) is 4.79 Å². The molecule has 2 aromatic heterocycles. The molecule has 0 N–H and O–H groups in total. The summed E-state index contributed by atoms with van der Waals surface area (Å²) >= 11 is 1.39. The van der Waals surface area contributed by atoms with Crippen LogP contribution in [0.2, 0.25) is 0 Å². The Bertz CT molecular complexity index is 1010. The summed E-state index contributed by atoms with van der Waals surface area (Å²) in [7, 11) is 0. The summed E-state index contributed by atoms with van der Waals surface area (Å²) in [5.74, 6) is 0.975. The highest BCUT2D eigenvalue weighted by Crippen LogP contribution is 2.41. The van der Waals surface area contributed by atoms with E-state index in [-0.39, 0.29) is 18.1 Å². The predicted octanol–water partition coefficient (Wildman–Crippen LogP) is 3.71. The highest BCUT2D eigenvalue weighted by atomic mass is 32.2. The summed E-state index contributed by atoms with van der Waals surface area (Å²) in [4.78, 5) is 18.8. The summed E-state index contributed by atoms with van der Waals surface area (Å²) < 4.78 is 2.12. The van der Waals surface area contributed by atoms with Crippen molar-refractivity contribution in [1.82, 2.24) is 19.7 Å². The third kappa shape index (κ3) is 4.46. The van der Waals surface area contributed by atoms with Gasteiger partial charge in [-0.15, -0.1) is 10.2 Å². The Hall–Kier alpha value is -3.18. The third-order valence-electron chi connectivity index (χ3n) is 4.64. The van der Waals surface area contributed by atoms with Gasteiger partial charge in [-0.2, -0.15) is 5.26 Å². The molecule has 0 spiro atoms. The number of benzene rings is 1. The van der Waals surface area contributed by atoms with Gasteiger partial charge in [0, 0.05) is 36.2 Å². The van der Waals surface area contributed by atoms with Crippen LogP contribution < -0.4 is 4.90 Å². The van der Waals surface area contributed by atoms with Gasteiger partial charge in [-0.05, 0) is 37.1 Å². The maximum absolute atomic E-state index is 12.9. The van der Waals surface area contributed by atoms with Gasteiger partial charge in [0.05, 0.1) is 18.2 Å². The number of nitriles is 1. The zero-order valence-corrected chi connectivity index (χ0v) is 16.6. The van der Waals surface area contributed by atoms with E-state index in [0.717, 1.165) is 35.1 Å². The first-order chi connectivity index (χ1) is 14.3. The van der Waals surface area contributed by atoms with E-state index in [1.54, 1.807) is 17.3 Å². The van der Waals surface area contributed by atoms with E-state index in [4.69, 9.17) is 5.26 Å². The monoisotopic (exact) mass is 404 g/mol. The number of anilines is 1. The third-order valence-corrected chi connectivity index (χ3v) is 5.57. The Kier molecular flexibility index (Phi) is 5.86. The maximum Gasteiger partial charge on any atom is 0.237 e. The van der Waals surface area contributed by atoms with Gasteiger partial charge in [-0.1, -0.05) is 30.0 Å². The molecule has 0 unspecified atom stereocenters. The number of pyridine rings is 1. The Morgan fingerprint density at radius 2 is 2.03 bits per heavy atom. The molecule has 0 radical (unpaired) electrons. The second kappa shape index (κ2) is 8.88. The highest BCUT2D eigenvalue weighted by molar-refractivity contribution is 7.99. The van der Waals surface area contributed by atoms with Crippen LogP contribution in [-0.4, -0.2) is 38.0 Å². The molecule has 8 heteroatoms. The standard InChI is InChI=1S/C21H20N6OS/c22-11-5-13-26(17-7-2-1-3-8-17)19(28)15-29-21-25-24-20(27(21)18-9-10-18)16-6-4-12-23-14-16/h1-4,6-8,12,14,18H,5,9-10,13,15H2. The van der Waals surface area contributed by atoms with E-state index >= 15 is 0 Å². The molecule has 4 rings (SSSR count). The van der Waals surface area contributed by atoms with Crippen molar-refractivity contribution in [2.45, 2.75) is 30.5 Å². The SMILES string of the molecule is N#CCCN(C(=O)CSc1nnc(-c2cccnc2)n1C1CC1)c1ccccc1. The van der Waals surface area contributed by atoms with Crippen molar-refractivity contribution in [3.8, 4) is 17.5 Å². The van der Waals surface area contributed by atoms with Gasteiger partial charge >= 0.3 is 0 Å². The lowest BCUT2D eigenvalue weighted by Crippen LogP contribution is -2.33. The van der Waals surface area contributed by atoms with Crippen molar-refractivity contribution >= 4 is 23.4 Å². The molecule has 1 saturated carbocycles. The smallest absolute Gasteiger partial charge is 0.237 e. The van der Waals surface area contributed by atoms with Crippen LogP contribution in [0, 0.1) is 11.3 Å². The lowest BCUT2D eigenvalue weighted by Gasteiger charge is -2.21. The molecular weight excluding hydrogens is 384 g/mol. The highest BCUT2D eigenvalue weighted by Gasteiger charge is 2.30. The number of amides is 1. The second-order valence-electron chi connectivity index (χ2n) is 6.73. The van der Waals surface area contributed by atoms with E-state index in [2.05, 4.69) is 25.8 Å². The van der Waals surface area contributed by atoms with Crippen molar-refractivity contribution in [3.05, 3.63) is 54.9 Å². The van der Waals surface area contributed by atoms with Crippen molar-refractivity contribution in [1.29, 1.82) is 5.26 Å². The van der Waals surface area contributed by atoms with E-state index in [0.29, 0.717) is 12.6 Å². The summed E-state index contributed by atoms with van der Waals surface area (Å²) in [5, 5.41) is 18.4. The summed E-state index contributed by atoms with van der Waals surface area (Å²) in [6.07, 6.45) is 5.97. The zero-order chi connectivity index (χ0) is 20.1. The Labute approximate surface area is 173 Å². The van der Waals surface area contributed by atoms with Crippen molar-refractivity contribution in [2.24, 2.45) is 0 Å². The molecule has 29 heavy (non-hydrogen) atoms. The molecule has 1 aromatic carbocycles. The minimum absolute atomic E-state index is 0.0512. The minimum atomic E-state index is -0.0512. The normalized spacial score (nSPS) is 13.1. The Morgan fingerprint density at radius 3 is 2.72 bits per heavy atom. The molecule has 1 fully saturated rings. The van der Waals surface area contributed by atoms with Gasteiger partial charge in [-0.25, -0.2) is 0 Å². The van der Waals surface area contributed by atoms with Crippen LogP contribution in [0.15, 0.2) is 60.0 Å².